The Morgan fingerprint density at radius 3 is 2.75 bits per heavy atom. The van der Waals surface area contributed by atoms with Gasteiger partial charge in [-0.25, -0.2) is 4.98 Å². The number of hydrogen-bond donors (Lipinski definition) is 1. The quantitative estimate of drug-likeness (QED) is 0.671. The maximum atomic E-state index is 11.0. The normalized spacial score (nSPS) is 12.8. The molecule has 0 aliphatic rings. The highest BCUT2D eigenvalue weighted by molar-refractivity contribution is 5.89. The molecule has 0 bridgehead atoms. The van der Waals surface area contributed by atoms with Crippen LogP contribution in [0.15, 0.2) is 30.5 Å². The highest BCUT2D eigenvalue weighted by Gasteiger charge is 2.17. The van der Waals surface area contributed by atoms with Crippen LogP contribution in [0.1, 0.15) is 25.8 Å². The van der Waals surface area contributed by atoms with Gasteiger partial charge in [0.25, 0.3) is 5.69 Å². The zero-order valence-corrected chi connectivity index (χ0v) is 11.6. The van der Waals surface area contributed by atoms with E-state index < -0.39 is 11.0 Å². The highest BCUT2D eigenvalue weighted by Crippen LogP contribution is 2.27. The first-order chi connectivity index (χ1) is 9.49. The van der Waals surface area contributed by atoms with Crippen molar-refractivity contribution in [1.29, 1.82) is 0 Å². The topological polar surface area (TPSA) is 76.3 Å². The van der Waals surface area contributed by atoms with Crippen molar-refractivity contribution in [3.05, 3.63) is 46.1 Å². The van der Waals surface area contributed by atoms with E-state index in [1.54, 1.807) is 18.3 Å². The second kappa shape index (κ2) is 5.96. The number of rotatable bonds is 5. The Bertz CT molecular complexity index is 626. The predicted octanol–water partition coefficient (Wildman–Crippen LogP) is 3.09. The summed E-state index contributed by atoms with van der Waals surface area (Å²) in [5.41, 5.74) is 1.28. The smallest absolute Gasteiger partial charge is 0.295 e. The number of benzene rings is 1. The molecular formula is C15H18N2O3. The SMILES string of the molecule is CC(C)CC(O)Cc1ccc([N+](=O)[O-])c2ncccc12. The standard InChI is InChI=1S/C15H18N2O3/c1-10(2)8-12(18)9-11-5-6-14(17(19)20)15-13(11)4-3-7-16-15/h3-7,10,12,18H,8-9H2,1-2H3. The summed E-state index contributed by atoms with van der Waals surface area (Å²) in [5.74, 6) is 0.410. The van der Waals surface area contributed by atoms with Gasteiger partial charge in [-0.2, -0.15) is 0 Å². The van der Waals surface area contributed by atoms with Gasteiger partial charge >= 0.3 is 0 Å². The van der Waals surface area contributed by atoms with Gasteiger partial charge in [0.15, 0.2) is 0 Å². The Labute approximate surface area is 117 Å². The molecule has 5 heteroatoms. The molecule has 1 heterocycles. The summed E-state index contributed by atoms with van der Waals surface area (Å²) in [6.45, 7) is 4.11. The highest BCUT2D eigenvalue weighted by atomic mass is 16.6. The Balaban J connectivity index is 2.40. The van der Waals surface area contributed by atoms with E-state index in [9.17, 15) is 15.2 Å². The maximum Gasteiger partial charge on any atom is 0.295 e. The lowest BCUT2D eigenvalue weighted by Gasteiger charge is -2.14. The van der Waals surface area contributed by atoms with E-state index in [-0.39, 0.29) is 5.69 Å². The van der Waals surface area contributed by atoms with E-state index in [0.717, 1.165) is 10.9 Å². The number of non-ortho nitro benzene ring substituents is 1. The largest absolute Gasteiger partial charge is 0.393 e. The van der Waals surface area contributed by atoms with Gasteiger partial charge in [0, 0.05) is 17.6 Å². The van der Waals surface area contributed by atoms with Crippen LogP contribution >= 0.6 is 0 Å². The van der Waals surface area contributed by atoms with Crippen LogP contribution in [-0.4, -0.2) is 21.1 Å². The molecule has 1 N–H and O–H groups in total. The summed E-state index contributed by atoms with van der Waals surface area (Å²) < 4.78 is 0. The number of fused-ring (bicyclic) bond motifs is 1. The summed E-state index contributed by atoms with van der Waals surface area (Å²) in [5, 5.41) is 21.8. The summed E-state index contributed by atoms with van der Waals surface area (Å²) in [6, 6.07) is 6.75. The second-order valence-corrected chi connectivity index (χ2v) is 5.39. The lowest BCUT2D eigenvalue weighted by atomic mass is 9.97. The van der Waals surface area contributed by atoms with Crippen molar-refractivity contribution in [3.63, 3.8) is 0 Å². The molecule has 1 unspecified atom stereocenters. The van der Waals surface area contributed by atoms with Crippen molar-refractivity contribution in [3.8, 4) is 0 Å². The number of nitrogens with zero attached hydrogens (tertiary/aromatic N) is 2. The van der Waals surface area contributed by atoms with Gasteiger partial charge in [-0.15, -0.1) is 0 Å². The molecule has 1 aromatic carbocycles. The number of aromatic nitrogens is 1. The number of aliphatic hydroxyl groups excluding tert-OH is 1. The number of hydrogen-bond acceptors (Lipinski definition) is 4. The fourth-order valence-corrected chi connectivity index (χ4v) is 2.42. The van der Waals surface area contributed by atoms with Gasteiger partial charge in [0.2, 0.25) is 0 Å². The minimum atomic E-state index is -0.445. The zero-order chi connectivity index (χ0) is 14.7. The first kappa shape index (κ1) is 14.4. The van der Waals surface area contributed by atoms with Gasteiger partial charge < -0.3 is 5.11 Å². The van der Waals surface area contributed by atoms with E-state index in [0.29, 0.717) is 24.3 Å². The van der Waals surface area contributed by atoms with Gasteiger partial charge in [-0.3, -0.25) is 10.1 Å². The minimum absolute atomic E-state index is 0.00250. The molecule has 106 valence electrons. The van der Waals surface area contributed by atoms with Crippen LogP contribution in [-0.2, 0) is 6.42 Å². The van der Waals surface area contributed by atoms with Crippen molar-refractivity contribution in [2.24, 2.45) is 5.92 Å². The van der Waals surface area contributed by atoms with Gasteiger partial charge in [0.05, 0.1) is 11.0 Å². The van der Waals surface area contributed by atoms with Crippen molar-refractivity contribution < 1.29 is 10.0 Å². The molecule has 0 aliphatic heterocycles. The maximum absolute atomic E-state index is 11.0. The Morgan fingerprint density at radius 1 is 1.35 bits per heavy atom. The third-order valence-corrected chi connectivity index (χ3v) is 3.23. The molecule has 1 aromatic heterocycles. The molecule has 1 atom stereocenters. The van der Waals surface area contributed by atoms with Crippen LogP contribution in [0.25, 0.3) is 10.9 Å². The number of pyridine rings is 1. The fraction of sp³-hybridized carbons (Fsp3) is 0.400. The molecule has 0 spiro atoms. The Hall–Kier alpha value is -2.01. The first-order valence-electron chi connectivity index (χ1n) is 6.68. The molecule has 2 rings (SSSR count). The summed E-state index contributed by atoms with van der Waals surface area (Å²) in [6.07, 6.45) is 2.29. The second-order valence-electron chi connectivity index (χ2n) is 5.39. The Morgan fingerprint density at radius 2 is 2.10 bits per heavy atom. The molecule has 2 aromatic rings. The monoisotopic (exact) mass is 274 g/mol. The lowest BCUT2D eigenvalue weighted by molar-refractivity contribution is -0.383. The van der Waals surface area contributed by atoms with E-state index in [1.165, 1.54) is 6.07 Å². The Kier molecular flexibility index (Phi) is 4.29. The fourth-order valence-electron chi connectivity index (χ4n) is 2.42. The third-order valence-electron chi connectivity index (χ3n) is 3.23. The molecule has 0 amide bonds. The average Bonchev–Trinajstić information content (AvgIpc) is 2.37. The number of nitro benzene ring substituents is 1. The number of nitro groups is 1. The van der Waals surface area contributed by atoms with Gasteiger partial charge in [0.1, 0.15) is 5.52 Å². The molecule has 20 heavy (non-hydrogen) atoms. The van der Waals surface area contributed by atoms with Crippen LogP contribution in [0.3, 0.4) is 0 Å². The summed E-state index contributed by atoms with van der Waals surface area (Å²) in [4.78, 5) is 14.7. The summed E-state index contributed by atoms with van der Waals surface area (Å²) >= 11 is 0. The van der Waals surface area contributed by atoms with Crippen LogP contribution in [0.4, 0.5) is 5.69 Å². The molecule has 5 nitrogen and oxygen atoms in total. The van der Waals surface area contributed by atoms with E-state index in [2.05, 4.69) is 18.8 Å². The van der Waals surface area contributed by atoms with E-state index >= 15 is 0 Å². The van der Waals surface area contributed by atoms with Crippen LogP contribution in [0, 0.1) is 16.0 Å². The van der Waals surface area contributed by atoms with Crippen molar-refractivity contribution in [2.75, 3.05) is 0 Å². The molecule has 0 radical (unpaired) electrons. The van der Waals surface area contributed by atoms with Crippen molar-refractivity contribution in [1.82, 2.24) is 4.98 Å². The van der Waals surface area contributed by atoms with E-state index in [1.807, 2.05) is 6.07 Å². The minimum Gasteiger partial charge on any atom is -0.393 e. The molecule has 0 saturated carbocycles. The zero-order valence-electron chi connectivity index (χ0n) is 11.6. The third kappa shape index (κ3) is 3.11. The summed E-state index contributed by atoms with van der Waals surface area (Å²) in [7, 11) is 0. The average molecular weight is 274 g/mol. The van der Waals surface area contributed by atoms with Crippen LogP contribution in [0.2, 0.25) is 0 Å². The van der Waals surface area contributed by atoms with Crippen LogP contribution in [0.5, 0.6) is 0 Å². The van der Waals surface area contributed by atoms with Gasteiger partial charge in [-0.1, -0.05) is 26.0 Å². The lowest BCUT2D eigenvalue weighted by Crippen LogP contribution is -2.13. The van der Waals surface area contributed by atoms with Crippen molar-refractivity contribution in [2.45, 2.75) is 32.8 Å². The van der Waals surface area contributed by atoms with Gasteiger partial charge in [-0.05, 0) is 30.4 Å². The van der Waals surface area contributed by atoms with E-state index in [4.69, 9.17) is 0 Å². The number of aliphatic hydroxyl groups is 1. The first-order valence-corrected chi connectivity index (χ1v) is 6.68. The predicted molar refractivity (Wildman–Crippen MR) is 77.6 cm³/mol. The molecule has 0 saturated heterocycles. The molecular weight excluding hydrogens is 256 g/mol. The molecule has 0 aliphatic carbocycles. The van der Waals surface area contributed by atoms with Crippen molar-refractivity contribution >= 4 is 16.6 Å². The molecule has 0 fully saturated rings. The van der Waals surface area contributed by atoms with Crippen LogP contribution < -0.4 is 0 Å².